The van der Waals surface area contributed by atoms with Gasteiger partial charge in [0.15, 0.2) is 0 Å². The molecule has 1 N–H and O–H groups in total. The van der Waals surface area contributed by atoms with Gasteiger partial charge < -0.3 is 9.47 Å². The Hall–Kier alpha value is -3.38. The molecule has 2 atom stereocenters. The van der Waals surface area contributed by atoms with Crippen LogP contribution in [0.1, 0.15) is 56.8 Å². The molecule has 2 aromatic heterocycles. The molecule has 7 nitrogen and oxygen atoms in total. The molecule has 0 spiro atoms. The predicted molar refractivity (Wildman–Crippen MR) is 117 cm³/mol. The van der Waals surface area contributed by atoms with Crippen molar-refractivity contribution in [3.63, 3.8) is 0 Å². The van der Waals surface area contributed by atoms with Crippen LogP contribution in [-0.4, -0.2) is 35.3 Å². The molecule has 2 unspecified atom stereocenters. The second-order valence-corrected chi connectivity index (χ2v) is 7.77. The van der Waals surface area contributed by atoms with Crippen LogP contribution >= 0.6 is 0 Å². The van der Waals surface area contributed by atoms with Gasteiger partial charge in [-0.2, -0.15) is 26.3 Å². The van der Waals surface area contributed by atoms with E-state index >= 15 is 0 Å². The Morgan fingerprint density at radius 1 is 1.14 bits per heavy atom. The molecule has 13 heteroatoms. The van der Waals surface area contributed by atoms with Crippen LogP contribution in [-0.2, 0) is 20.4 Å². The molecule has 1 aliphatic heterocycles. The third-order valence-corrected chi connectivity index (χ3v) is 5.29. The Kier molecular flexibility index (Phi) is 9.65. The Morgan fingerprint density at radius 3 is 2.36 bits per heavy atom. The van der Waals surface area contributed by atoms with Gasteiger partial charge in [-0.3, -0.25) is 15.1 Å². The highest BCUT2D eigenvalue weighted by atomic mass is 19.4. The summed E-state index contributed by atoms with van der Waals surface area (Å²) in [6.07, 6.45) is -7.70. The minimum absolute atomic E-state index is 0.0547. The average Bonchev–Trinajstić information content (AvgIpc) is 2.82. The third kappa shape index (κ3) is 7.31. The molecule has 3 rings (SSSR count). The largest absolute Gasteiger partial charge is 0.469 e. The first-order chi connectivity index (χ1) is 16.8. The van der Waals surface area contributed by atoms with Gasteiger partial charge in [0.05, 0.1) is 29.8 Å². The number of aromatic nitrogens is 2. The zero-order chi connectivity index (χ0) is 27.1. The number of carbonyl (C=O) groups is 2. The summed E-state index contributed by atoms with van der Waals surface area (Å²) in [5.74, 6) is -0.379. The Morgan fingerprint density at radius 2 is 1.81 bits per heavy atom. The number of halogens is 6. The molecule has 3 heterocycles. The molecule has 198 valence electrons. The van der Waals surface area contributed by atoms with Gasteiger partial charge in [0.25, 0.3) is 0 Å². The molecule has 0 radical (unpaired) electrons. The number of alkyl halides is 6. The van der Waals surface area contributed by atoms with Gasteiger partial charge in [0, 0.05) is 18.0 Å². The van der Waals surface area contributed by atoms with E-state index in [0.29, 0.717) is 12.1 Å². The second-order valence-electron chi connectivity index (χ2n) is 7.77. The van der Waals surface area contributed by atoms with E-state index in [2.05, 4.69) is 26.4 Å². The van der Waals surface area contributed by atoms with E-state index in [1.165, 1.54) is 7.11 Å². The number of amides is 1. The zero-order valence-electron chi connectivity index (χ0n) is 19.7. The number of esters is 1. The lowest BCUT2D eigenvalue weighted by Crippen LogP contribution is -2.34. The zero-order valence-corrected chi connectivity index (χ0v) is 19.7. The van der Waals surface area contributed by atoms with Crippen LogP contribution in [0.4, 0.5) is 37.0 Å². The normalized spacial score (nSPS) is 16.0. The lowest BCUT2D eigenvalue weighted by Gasteiger charge is -2.28. The lowest BCUT2D eigenvalue weighted by molar-refractivity contribution is -0.206. The number of hydrogen-bond acceptors (Lipinski definition) is 6. The molecule has 0 saturated carbocycles. The topological polar surface area (TPSA) is 90.4 Å². The molecule has 0 aliphatic carbocycles. The maximum Gasteiger partial charge on any atom is 0.430 e. The van der Waals surface area contributed by atoms with Crippen LogP contribution < -0.4 is 5.32 Å². The van der Waals surface area contributed by atoms with E-state index in [4.69, 9.17) is 0 Å². The maximum absolute atomic E-state index is 13.2. The number of methoxy groups -OCH3 is 1. The number of anilines is 1. The molecule has 1 amide bonds. The summed E-state index contributed by atoms with van der Waals surface area (Å²) in [5.41, 5.74) is -2.32. The first-order valence-corrected chi connectivity index (χ1v) is 11.0. The summed E-state index contributed by atoms with van der Waals surface area (Å²) in [5, 5.41) is 1.99. The van der Waals surface area contributed by atoms with Gasteiger partial charge in [-0.25, -0.2) is 9.78 Å². The lowest BCUT2D eigenvalue weighted by atomic mass is 9.98. The van der Waals surface area contributed by atoms with Crippen molar-refractivity contribution in [2.75, 3.05) is 12.4 Å². The van der Waals surface area contributed by atoms with E-state index < -0.39 is 41.5 Å². The highest BCUT2D eigenvalue weighted by Gasteiger charge is 2.49. The van der Waals surface area contributed by atoms with Crippen molar-refractivity contribution >= 4 is 17.9 Å². The van der Waals surface area contributed by atoms with E-state index in [1.54, 1.807) is 0 Å². The Balaban J connectivity index is 0.000000352. The number of ether oxygens (including phenoxy) is 2. The SMILES string of the molecule is CCCCC(CC)C(=O)OC.O=C1Nc2nccc(-c3cc(C(F)(F)F)ccn3)c2C(C(F)(F)F)O1. The van der Waals surface area contributed by atoms with Crippen molar-refractivity contribution < 1.29 is 45.4 Å². The summed E-state index contributed by atoms with van der Waals surface area (Å²) in [6, 6.07) is 2.37. The minimum atomic E-state index is -4.98. The van der Waals surface area contributed by atoms with Gasteiger partial charge in [-0.15, -0.1) is 0 Å². The van der Waals surface area contributed by atoms with Crippen LogP contribution in [0.15, 0.2) is 30.6 Å². The summed E-state index contributed by atoms with van der Waals surface area (Å²) in [6.45, 7) is 4.15. The fourth-order valence-electron chi connectivity index (χ4n) is 3.44. The molecular weight excluding hydrogens is 496 g/mol. The van der Waals surface area contributed by atoms with E-state index in [1.807, 2.05) is 12.2 Å². The molecule has 36 heavy (non-hydrogen) atoms. The monoisotopic (exact) mass is 521 g/mol. The molecule has 0 bridgehead atoms. The summed E-state index contributed by atoms with van der Waals surface area (Å²) >= 11 is 0. The smallest absolute Gasteiger partial charge is 0.430 e. The predicted octanol–water partition coefficient (Wildman–Crippen LogP) is 6.70. The first kappa shape index (κ1) is 28.9. The number of fused-ring (bicyclic) bond motifs is 1. The van der Waals surface area contributed by atoms with Gasteiger partial charge >= 0.3 is 24.4 Å². The number of unbranched alkanes of at least 4 members (excludes halogenated alkanes) is 1. The second kappa shape index (κ2) is 12.0. The number of nitrogens with one attached hydrogen (secondary N) is 1. The van der Waals surface area contributed by atoms with E-state index in [9.17, 15) is 35.9 Å². The number of pyridine rings is 2. The Bertz CT molecular complexity index is 1060. The molecular formula is C23H25F6N3O4. The van der Waals surface area contributed by atoms with Crippen molar-refractivity contribution in [2.24, 2.45) is 5.92 Å². The third-order valence-electron chi connectivity index (χ3n) is 5.29. The molecule has 1 aliphatic rings. The summed E-state index contributed by atoms with van der Waals surface area (Å²) < 4.78 is 87.1. The highest BCUT2D eigenvalue weighted by molar-refractivity contribution is 5.89. The fraction of sp³-hybridized carbons (Fsp3) is 0.478. The van der Waals surface area contributed by atoms with Crippen LogP contribution in [0, 0.1) is 5.92 Å². The van der Waals surface area contributed by atoms with Gasteiger partial charge in [0.1, 0.15) is 5.82 Å². The van der Waals surface area contributed by atoms with Gasteiger partial charge in [-0.05, 0) is 31.0 Å². The average molecular weight is 521 g/mol. The van der Waals surface area contributed by atoms with Crippen LogP contribution in [0.2, 0.25) is 0 Å². The quantitative estimate of drug-likeness (QED) is 0.336. The Labute approximate surface area is 203 Å². The molecule has 0 aromatic carbocycles. The van der Waals surface area contributed by atoms with Crippen molar-refractivity contribution in [2.45, 2.75) is 58.0 Å². The number of nitrogens with zero attached hydrogens (tertiary/aromatic N) is 2. The van der Waals surface area contributed by atoms with E-state index in [-0.39, 0.29) is 23.1 Å². The number of hydrogen-bond donors (Lipinski definition) is 1. The number of carbonyl (C=O) groups excluding carboxylic acids is 2. The van der Waals surface area contributed by atoms with Crippen LogP contribution in [0.5, 0.6) is 0 Å². The highest BCUT2D eigenvalue weighted by Crippen LogP contribution is 2.45. The van der Waals surface area contributed by atoms with Crippen LogP contribution in [0.3, 0.4) is 0 Å². The molecule has 0 fully saturated rings. The summed E-state index contributed by atoms with van der Waals surface area (Å²) in [4.78, 5) is 29.6. The standard InChI is InChI=1S/C14H7F6N3O2.C9H18O2/c15-13(16,17)6-1-3-21-8(5-6)7-2-4-22-11-9(7)10(14(18,19)20)25-12(24)23-11;1-4-6-7-8(5-2)9(10)11-3/h1-5,10H,(H,22,23,24);8H,4-7H2,1-3H3. The van der Waals surface area contributed by atoms with E-state index in [0.717, 1.165) is 44.1 Å². The molecule has 0 saturated heterocycles. The number of cyclic esters (lactones) is 1. The van der Waals surface area contributed by atoms with Crippen LogP contribution in [0.25, 0.3) is 11.3 Å². The first-order valence-electron chi connectivity index (χ1n) is 11.0. The van der Waals surface area contributed by atoms with Crippen molar-refractivity contribution in [1.82, 2.24) is 9.97 Å². The van der Waals surface area contributed by atoms with Gasteiger partial charge in [-0.1, -0.05) is 26.7 Å². The van der Waals surface area contributed by atoms with Crippen molar-refractivity contribution in [1.29, 1.82) is 0 Å². The fourth-order valence-corrected chi connectivity index (χ4v) is 3.44. The minimum Gasteiger partial charge on any atom is -0.469 e. The number of rotatable bonds is 6. The maximum atomic E-state index is 13.2. The summed E-state index contributed by atoms with van der Waals surface area (Å²) in [7, 11) is 1.46. The van der Waals surface area contributed by atoms with Crippen molar-refractivity contribution in [3.05, 3.63) is 41.7 Å². The molecule has 2 aromatic rings. The van der Waals surface area contributed by atoms with Crippen molar-refractivity contribution in [3.8, 4) is 11.3 Å². The van der Waals surface area contributed by atoms with Gasteiger partial charge in [0.2, 0.25) is 6.10 Å².